The third kappa shape index (κ3) is 4.05. The minimum absolute atomic E-state index is 0.136. The summed E-state index contributed by atoms with van der Waals surface area (Å²) in [7, 11) is 0. The predicted octanol–water partition coefficient (Wildman–Crippen LogP) is 8.01. The van der Waals surface area contributed by atoms with Gasteiger partial charge in [0.2, 0.25) is 0 Å². The van der Waals surface area contributed by atoms with Gasteiger partial charge in [0.1, 0.15) is 0 Å². The first-order valence-electron chi connectivity index (χ1n) is 10.4. The van der Waals surface area contributed by atoms with E-state index >= 15 is 0 Å². The van der Waals surface area contributed by atoms with Crippen molar-refractivity contribution in [2.24, 2.45) is 0 Å². The highest BCUT2D eigenvalue weighted by atomic mass is 14.3. The van der Waals surface area contributed by atoms with Crippen molar-refractivity contribution in [3.8, 4) is 11.1 Å². The summed E-state index contributed by atoms with van der Waals surface area (Å²) in [5.41, 5.74) is 11.5. The van der Waals surface area contributed by atoms with Gasteiger partial charge in [-0.3, -0.25) is 0 Å². The van der Waals surface area contributed by atoms with Crippen molar-refractivity contribution in [3.63, 3.8) is 0 Å². The molecule has 27 heavy (non-hydrogen) atoms. The Morgan fingerprint density at radius 1 is 0.815 bits per heavy atom. The summed E-state index contributed by atoms with van der Waals surface area (Å²) in [5, 5.41) is 0. The summed E-state index contributed by atoms with van der Waals surface area (Å²) in [6.07, 6.45) is 7.14. The summed E-state index contributed by atoms with van der Waals surface area (Å²) in [4.78, 5) is 0. The van der Waals surface area contributed by atoms with Crippen LogP contribution in [0.1, 0.15) is 89.1 Å². The number of aryl methyl sites for hydroxylation is 1. The number of rotatable bonds is 3. The molecule has 143 valence electrons. The Balaban J connectivity index is 2.25. The lowest BCUT2D eigenvalue weighted by Crippen LogP contribution is -2.16. The monoisotopic (exact) mass is 359 g/mol. The van der Waals surface area contributed by atoms with Gasteiger partial charge in [0.25, 0.3) is 0 Å². The molecule has 0 bridgehead atoms. The molecule has 0 spiro atoms. The molecule has 1 aliphatic rings. The number of hydrogen-bond donors (Lipinski definition) is 0. The molecule has 0 saturated carbocycles. The predicted molar refractivity (Wildman–Crippen MR) is 120 cm³/mol. The van der Waals surface area contributed by atoms with E-state index in [1.54, 1.807) is 0 Å². The SMILES string of the molecule is CCCC1=Cc2c(ccc(C)c2-c2cc(C(C)(C)C)cc(C(C)(C)C)c2)[CH]1. The molecule has 1 aliphatic carbocycles. The van der Waals surface area contributed by atoms with Crippen molar-refractivity contribution in [1.82, 2.24) is 0 Å². The highest BCUT2D eigenvalue weighted by molar-refractivity contribution is 5.85. The first kappa shape index (κ1) is 19.9. The number of fused-ring (bicyclic) bond motifs is 1. The van der Waals surface area contributed by atoms with Crippen molar-refractivity contribution < 1.29 is 0 Å². The fourth-order valence-electron chi connectivity index (χ4n) is 3.91. The highest BCUT2D eigenvalue weighted by Gasteiger charge is 2.24. The van der Waals surface area contributed by atoms with Crippen LogP contribution in [0.5, 0.6) is 0 Å². The van der Waals surface area contributed by atoms with E-state index in [-0.39, 0.29) is 10.8 Å². The first-order chi connectivity index (χ1) is 12.5. The number of hydrogen-bond acceptors (Lipinski definition) is 0. The largest absolute Gasteiger partial charge is 0.0651 e. The molecular weight excluding hydrogens is 324 g/mol. The molecule has 0 N–H and O–H groups in total. The molecule has 0 nitrogen and oxygen atoms in total. The fraction of sp³-hybridized carbons (Fsp3) is 0.444. The molecule has 3 rings (SSSR count). The molecule has 0 saturated heterocycles. The molecule has 2 aromatic carbocycles. The lowest BCUT2D eigenvalue weighted by atomic mass is 9.78. The van der Waals surface area contributed by atoms with E-state index in [4.69, 9.17) is 0 Å². The molecule has 0 atom stereocenters. The zero-order valence-electron chi connectivity index (χ0n) is 18.5. The number of benzene rings is 2. The van der Waals surface area contributed by atoms with Gasteiger partial charge < -0.3 is 0 Å². The minimum Gasteiger partial charge on any atom is -0.0651 e. The van der Waals surface area contributed by atoms with Crippen molar-refractivity contribution in [1.29, 1.82) is 0 Å². The van der Waals surface area contributed by atoms with Gasteiger partial charge >= 0.3 is 0 Å². The van der Waals surface area contributed by atoms with Crippen molar-refractivity contribution in [2.45, 2.75) is 79.1 Å². The Bertz CT molecular complexity index is 847. The maximum Gasteiger partial charge on any atom is 0.0164 e. The Morgan fingerprint density at radius 3 is 1.93 bits per heavy atom. The Labute approximate surface area is 166 Å². The van der Waals surface area contributed by atoms with E-state index in [2.05, 4.69) is 98.2 Å². The Morgan fingerprint density at radius 2 is 1.41 bits per heavy atom. The summed E-state index contributed by atoms with van der Waals surface area (Å²) >= 11 is 0. The molecule has 0 heterocycles. The van der Waals surface area contributed by atoms with Crippen molar-refractivity contribution in [2.75, 3.05) is 0 Å². The molecule has 0 fully saturated rings. The molecule has 0 unspecified atom stereocenters. The first-order valence-corrected chi connectivity index (χ1v) is 10.4. The molecule has 2 aromatic rings. The van der Waals surface area contributed by atoms with E-state index in [1.807, 2.05) is 0 Å². The molecule has 1 radical (unpaired) electrons. The lowest BCUT2D eigenvalue weighted by molar-refractivity contribution is 0.569. The van der Waals surface area contributed by atoms with Crippen LogP contribution >= 0.6 is 0 Å². The van der Waals surface area contributed by atoms with Crippen LogP contribution in [0.2, 0.25) is 0 Å². The Hall–Kier alpha value is -1.82. The van der Waals surface area contributed by atoms with E-state index in [1.165, 1.54) is 50.9 Å². The second-order valence-electron chi connectivity index (χ2n) is 10.2. The summed E-state index contributed by atoms with van der Waals surface area (Å²) < 4.78 is 0. The molecule has 0 aromatic heterocycles. The van der Waals surface area contributed by atoms with Gasteiger partial charge in [-0.1, -0.05) is 96.9 Å². The van der Waals surface area contributed by atoms with Crippen LogP contribution in [0.4, 0.5) is 0 Å². The van der Waals surface area contributed by atoms with Crippen LogP contribution < -0.4 is 0 Å². The fourth-order valence-corrected chi connectivity index (χ4v) is 3.91. The van der Waals surface area contributed by atoms with Crippen LogP contribution in [0.25, 0.3) is 17.2 Å². The van der Waals surface area contributed by atoms with Crippen LogP contribution in [-0.4, -0.2) is 0 Å². The molecule has 0 aliphatic heterocycles. The van der Waals surface area contributed by atoms with Crippen molar-refractivity contribution >= 4 is 6.08 Å². The van der Waals surface area contributed by atoms with Gasteiger partial charge in [-0.15, -0.1) is 0 Å². The third-order valence-electron chi connectivity index (χ3n) is 5.65. The maximum absolute atomic E-state index is 2.42. The van der Waals surface area contributed by atoms with E-state index in [0.717, 1.165) is 6.42 Å². The second kappa shape index (κ2) is 6.97. The third-order valence-corrected chi connectivity index (χ3v) is 5.65. The zero-order valence-corrected chi connectivity index (χ0v) is 18.5. The Kier molecular flexibility index (Phi) is 5.14. The zero-order chi connectivity index (χ0) is 20.0. The normalized spacial score (nSPS) is 14.3. The lowest BCUT2D eigenvalue weighted by Gasteiger charge is -2.27. The topological polar surface area (TPSA) is 0 Å². The van der Waals surface area contributed by atoms with Gasteiger partial charge in [0, 0.05) is 6.42 Å². The van der Waals surface area contributed by atoms with Crippen LogP contribution in [0, 0.1) is 13.3 Å². The van der Waals surface area contributed by atoms with Gasteiger partial charge in [0.15, 0.2) is 0 Å². The summed E-state index contributed by atoms with van der Waals surface area (Å²) in [6.45, 7) is 18.4. The number of allylic oxidation sites excluding steroid dienone is 1. The average Bonchev–Trinajstić information content (AvgIpc) is 2.95. The van der Waals surface area contributed by atoms with Gasteiger partial charge in [-0.05, 0) is 63.1 Å². The summed E-state index contributed by atoms with van der Waals surface area (Å²) in [6, 6.07) is 11.8. The van der Waals surface area contributed by atoms with Crippen molar-refractivity contribution in [3.05, 3.63) is 70.1 Å². The molecule has 0 heteroatoms. The second-order valence-corrected chi connectivity index (χ2v) is 10.2. The van der Waals surface area contributed by atoms with Crippen LogP contribution in [-0.2, 0) is 10.8 Å². The summed E-state index contributed by atoms with van der Waals surface area (Å²) in [5.74, 6) is 0. The highest BCUT2D eigenvalue weighted by Crippen LogP contribution is 2.41. The van der Waals surface area contributed by atoms with Gasteiger partial charge in [-0.2, -0.15) is 0 Å². The van der Waals surface area contributed by atoms with Crippen LogP contribution in [0.15, 0.2) is 35.9 Å². The van der Waals surface area contributed by atoms with E-state index in [9.17, 15) is 0 Å². The van der Waals surface area contributed by atoms with Crippen LogP contribution in [0.3, 0.4) is 0 Å². The standard InChI is InChI=1S/C27H35/c1-9-10-19-13-20-12-11-18(2)25(24(20)14-19)21-15-22(26(3,4)5)17-23(16-21)27(6,7)8/h11-17H,9-10H2,1-8H3. The average molecular weight is 360 g/mol. The molecular formula is C27H35. The quantitative estimate of drug-likeness (QED) is 0.520. The van der Waals surface area contributed by atoms with E-state index < -0.39 is 0 Å². The minimum atomic E-state index is 0.136. The van der Waals surface area contributed by atoms with Gasteiger partial charge in [0.05, 0.1) is 0 Å². The van der Waals surface area contributed by atoms with E-state index in [0.29, 0.717) is 0 Å². The smallest absolute Gasteiger partial charge is 0.0164 e. The maximum atomic E-state index is 2.42. The molecule has 0 amide bonds. The van der Waals surface area contributed by atoms with Gasteiger partial charge in [-0.25, -0.2) is 0 Å².